The lowest BCUT2D eigenvalue weighted by Crippen LogP contribution is -2.03. The highest BCUT2D eigenvalue weighted by atomic mass is 15.1. The lowest BCUT2D eigenvalue weighted by atomic mass is 10.0. The van der Waals surface area contributed by atoms with Crippen molar-refractivity contribution >= 4 is 46.0 Å². The molecule has 0 spiro atoms. The van der Waals surface area contributed by atoms with Gasteiger partial charge in [-0.1, -0.05) is 0 Å². The van der Waals surface area contributed by atoms with Crippen LogP contribution in [-0.4, -0.2) is 34.9 Å². The van der Waals surface area contributed by atoms with Gasteiger partial charge in [-0.3, -0.25) is 4.98 Å². The molecular weight excluding hydrogens is 482 g/mol. The largest absolute Gasteiger partial charge is 0.397 e. The molecule has 0 amide bonds. The summed E-state index contributed by atoms with van der Waals surface area (Å²) in [6.07, 6.45) is 11.8. The van der Waals surface area contributed by atoms with Gasteiger partial charge in [-0.15, -0.1) is 0 Å². The summed E-state index contributed by atoms with van der Waals surface area (Å²) in [4.78, 5) is 28.7. The van der Waals surface area contributed by atoms with Crippen LogP contribution in [0.4, 0.5) is 46.0 Å². The fourth-order valence-corrected chi connectivity index (χ4v) is 4.17. The molecule has 0 fully saturated rings. The number of nitrogens with zero attached hydrogens (tertiary/aromatic N) is 5. The van der Waals surface area contributed by atoms with Crippen LogP contribution < -0.4 is 33.6 Å². The van der Waals surface area contributed by atoms with Crippen LogP contribution in [0.5, 0.6) is 0 Å². The molecule has 0 bridgehead atoms. The second kappa shape index (κ2) is 8.98. The molecule has 6 rings (SSSR count). The Kier molecular flexibility index (Phi) is 5.34. The second-order valence-electron chi connectivity index (χ2n) is 8.41. The zero-order valence-electron chi connectivity index (χ0n) is 19.9. The van der Waals surface area contributed by atoms with Gasteiger partial charge in [0.15, 0.2) is 11.6 Å². The fourth-order valence-electron chi connectivity index (χ4n) is 4.17. The van der Waals surface area contributed by atoms with E-state index in [1.165, 1.54) is 6.33 Å². The molecule has 13 heteroatoms. The highest BCUT2D eigenvalue weighted by Gasteiger charge is 2.22. The maximum atomic E-state index is 6.12. The van der Waals surface area contributed by atoms with Crippen molar-refractivity contribution in [3.05, 3.63) is 67.8 Å². The third kappa shape index (κ3) is 3.80. The zero-order valence-corrected chi connectivity index (χ0v) is 19.9. The first-order chi connectivity index (χ1) is 18.5. The maximum Gasteiger partial charge on any atom is 0.156 e. The number of fused-ring (bicyclic) bond motifs is 1. The molecule has 12 N–H and O–H groups in total. The molecule has 0 aromatic carbocycles. The molecule has 38 heavy (non-hydrogen) atoms. The first-order valence-electron chi connectivity index (χ1n) is 11.5. The van der Waals surface area contributed by atoms with Gasteiger partial charge < -0.3 is 43.5 Å². The van der Waals surface area contributed by atoms with E-state index >= 15 is 0 Å². The Hall–Kier alpha value is -5.85. The third-order valence-corrected chi connectivity index (χ3v) is 6.12. The van der Waals surface area contributed by atoms with Crippen LogP contribution in [0.2, 0.25) is 0 Å². The number of nitrogen functional groups attached to an aromatic ring is 4. The van der Waals surface area contributed by atoms with Crippen LogP contribution in [0.3, 0.4) is 0 Å². The highest BCUT2D eigenvalue weighted by Crippen LogP contribution is 2.41. The molecule has 0 atom stereocenters. The lowest BCUT2D eigenvalue weighted by Gasteiger charge is -2.11. The average molecular weight is 506 g/mol. The van der Waals surface area contributed by atoms with Gasteiger partial charge in [-0.2, -0.15) is 0 Å². The van der Waals surface area contributed by atoms with Crippen molar-refractivity contribution in [3.8, 4) is 33.6 Å². The zero-order chi connectivity index (χ0) is 26.2. The van der Waals surface area contributed by atoms with Crippen molar-refractivity contribution in [2.75, 3.05) is 33.6 Å². The van der Waals surface area contributed by atoms with Crippen molar-refractivity contribution in [2.45, 2.75) is 0 Å². The first-order valence-corrected chi connectivity index (χ1v) is 11.5. The summed E-state index contributed by atoms with van der Waals surface area (Å²) in [5, 5.41) is 6.44. The van der Waals surface area contributed by atoms with Gasteiger partial charge >= 0.3 is 0 Å². The number of nitrogens with one attached hydrogen (secondary N) is 4. The van der Waals surface area contributed by atoms with Gasteiger partial charge in [0.2, 0.25) is 0 Å². The SMILES string of the molecule is Nc1ccnc(Nc2[nH]ccc2-c2ncnc(-c3cc[nH]c3Nc3nccc(N)c3N)c3cncc2-3)c1N. The summed E-state index contributed by atoms with van der Waals surface area (Å²) in [5.74, 6) is 2.15. The summed E-state index contributed by atoms with van der Waals surface area (Å²) >= 11 is 0. The van der Waals surface area contributed by atoms with Crippen LogP contribution in [0, 0.1) is 0 Å². The normalized spacial score (nSPS) is 11.1. The number of hydrogen-bond acceptors (Lipinski definition) is 11. The van der Waals surface area contributed by atoms with Gasteiger partial charge in [0.05, 0.1) is 34.1 Å². The van der Waals surface area contributed by atoms with Gasteiger partial charge in [0.25, 0.3) is 0 Å². The van der Waals surface area contributed by atoms with E-state index in [0.29, 0.717) is 57.4 Å². The molecule has 6 heterocycles. The molecule has 0 radical (unpaired) electrons. The average Bonchev–Trinajstić information content (AvgIpc) is 3.66. The van der Waals surface area contributed by atoms with Gasteiger partial charge in [-0.25, -0.2) is 19.9 Å². The molecule has 2 aliphatic rings. The van der Waals surface area contributed by atoms with Crippen molar-refractivity contribution in [3.63, 3.8) is 0 Å². The third-order valence-electron chi connectivity index (χ3n) is 6.12. The predicted molar refractivity (Wildman–Crippen MR) is 149 cm³/mol. The summed E-state index contributed by atoms with van der Waals surface area (Å²) in [5.41, 5.74) is 30.2. The molecule has 0 unspecified atom stereocenters. The molecule has 13 nitrogen and oxygen atoms in total. The van der Waals surface area contributed by atoms with Crippen LogP contribution in [0.1, 0.15) is 0 Å². The second-order valence-corrected chi connectivity index (χ2v) is 8.41. The van der Waals surface area contributed by atoms with E-state index in [0.717, 1.165) is 22.3 Å². The van der Waals surface area contributed by atoms with Crippen molar-refractivity contribution in [1.29, 1.82) is 0 Å². The molecule has 2 aliphatic heterocycles. The Bertz CT molecular complexity index is 1610. The molecule has 4 aromatic rings. The van der Waals surface area contributed by atoms with E-state index in [9.17, 15) is 0 Å². The quantitative estimate of drug-likeness (QED) is 0.163. The lowest BCUT2D eigenvalue weighted by molar-refractivity contribution is 1.22. The van der Waals surface area contributed by atoms with Crippen molar-refractivity contribution in [1.82, 2.24) is 34.9 Å². The molecular formula is C25H23N13. The number of pyridine rings is 2. The molecule has 0 aliphatic carbocycles. The molecule has 4 aromatic heterocycles. The number of aromatic nitrogens is 7. The topological polar surface area (TPSA) is 224 Å². The van der Waals surface area contributed by atoms with Crippen molar-refractivity contribution < 1.29 is 0 Å². The minimum absolute atomic E-state index is 0.353. The number of hydrogen-bond donors (Lipinski definition) is 8. The monoisotopic (exact) mass is 505 g/mol. The van der Waals surface area contributed by atoms with E-state index in [-0.39, 0.29) is 0 Å². The summed E-state index contributed by atoms with van der Waals surface area (Å²) < 4.78 is 0. The molecule has 0 saturated heterocycles. The minimum Gasteiger partial charge on any atom is -0.397 e. The first kappa shape index (κ1) is 22.6. The Balaban J connectivity index is 1.39. The smallest absolute Gasteiger partial charge is 0.156 e. The van der Waals surface area contributed by atoms with E-state index in [4.69, 9.17) is 22.9 Å². The summed E-state index contributed by atoms with van der Waals surface area (Å²) in [6.45, 7) is 0. The van der Waals surface area contributed by atoms with Crippen LogP contribution in [0.15, 0.2) is 67.8 Å². The van der Waals surface area contributed by atoms with Crippen LogP contribution in [0.25, 0.3) is 33.6 Å². The van der Waals surface area contributed by atoms with Crippen molar-refractivity contribution in [2.24, 2.45) is 0 Å². The predicted octanol–water partition coefficient (Wildman–Crippen LogP) is 3.57. The molecule has 0 saturated carbocycles. The Labute approximate surface area is 216 Å². The van der Waals surface area contributed by atoms with Crippen LogP contribution >= 0.6 is 0 Å². The maximum absolute atomic E-state index is 6.12. The number of aromatic amines is 2. The van der Waals surface area contributed by atoms with Gasteiger partial charge in [-0.05, 0) is 24.3 Å². The van der Waals surface area contributed by atoms with E-state index in [1.54, 1.807) is 49.3 Å². The number of anilines is 8. The minimum atomic E-state index is 0.353. The van der Waals surface area contributed by atoms with E-state index < -0.39 is 0 Å². The Morgan fingerprint density at radius 1 is 0.579 bits per heavy atom. The van der Waals surface area contributed by atoms with E-state index in [1.807, 2.05) is 12.1 Å². The van der Waals surface area contributed by atoms with Gasteiger partial charge in [0, 0.05) is 59.4 Å². The highest BCUT2D eigenvalue weighted by molar-refractivity contribution is 5.95. The number of nitrogens with two attached hydrogens (primary N) is 4. The Morgan fingerprint density at radius 3 is 1.53 bits per heavy atom. The van der Waals surface area contributed by atoms with Gasteiger partial charge in [0.1, 0.15) is 18.0 Å². The summed E-state index contributed by atoms with van der Waals surface area (Å²) in [6, 6.07) is 7.08. The fraction of sp³-hybridized carbons (Fsp3) is 0. The Morgan fingerprint density at radius 2 is 1.05 bits per heavy atom. The standard InChI is InChI=1S/C25H23N13/c26-16-3-7-33-24(18(16)28)37-22-12(1-5-31-22)20-14-9-30-10-15(14)21(36-11-35-20)13-2-6-32-23(13)38-25-19(29)17(27)4-8-34-25/h1-11,31-32H,28-29H2,(H3,26,33,37)(H3,27,34,38). The summed E-state index contributed by atoms with van der Waals surface area (Å²) in [7, 11) is 0. The number of rotatable bonds is 6. The van der Waals surface area contributed by atoms with E-state index in [2.05, 4.69) is 45.5 Å². The van der Waals surface area contributed by atoms with Crippen LogP contribution in [-0.2, 0) is 0 Å². The number of H-pyrrole nitrogens is 2. The molecule has 188 valence electrons.